The Bertz CT molecular complexity index is 2360. The number of halogens is 1. The lowest BCUT2D eigenvalue weighted by Crippen LogP contribution is -2.69. The molecule has 0 N–H and O–H groups in total. The molecule has 516 valence electrons. The first-order valence-electron chi connectivity index (χ1n) is 34.2. The average molecular weight is 1450 g/mol. The zero-order valence-corrected chi connectivity index (χ0v) is 68.5. The van der Waals surface area contributed by atoms with Gasteiger partial charge >= 0.3 is 0 Å². The molecule has 10 unspecified atom stereocenters. The molecule has 5 aliphatic rings. The van der Waals surface area contributed by atoms with Crippen molar-refractivity contribution in [2.75, 3.05) is 13.7 Å². The van der Waals surface area contributed by atoms with E-state index in [9.17, 15) is 4.79 Å². The first-order valence-corrected chi connectivity index (χ1v) is 50.0. The Morgan fingerprint density at radius 2 is 1.18 bits per heavy atom. The number of ether oxygens (including phenoxy) is 6. The van der Waals surface area contributed by atoms with Gasteiger partial charge in [-0.05, 0) is 163 Å². The monoisotopic (exact) mass is 1450 g/mol. The highest BCUT2D eigenvalue weighted by atomic mass is 127. The van der Waals surface area contributed by atoms with E-state index in [1.54, 1.807) is 7.11 Å². The van der Waals surface area contributed by atoms with Gasteiger partial charge < -0.3 is 55.3 Å². The summed E-state index contributed by atoms with van der Waals surface area (Å²) < 4.78 is 81.7. The van der Waals surface area contributed by atoms with Crippen molar-refractivity contribution in [2.24, 2.45) is 11.8 Å². The highest BCUT2D eigenvalue weighted by Crippen LogP contribution is 2.50. The molecule has 13 nitrogen and oxygen atoms in total. The smallest absolute Gasteiger partial charge is 0.193 e. The second-order valence-corrected chi connectivity index (χ2v) is 59.8. The molecule has 0 aromatic heterocycles. The molecule has 89 heavy (non-hydrogen) atoms. The molecule has 17 atom stereocenters. The summed E-state index contributed by atoms with van der Waals surface area (Å²) in [5.41, 5.74) is 2.15. The summed E-state index contributed by atoms with van der Waals surface area (Å²) >= 11 is 2.32. The Balaban J connectivity index is 1.51. The van der Waals surface area contributed by atoms with E-state index in [0.717, 1.165) is 49.5 Å². The van der Waals surface area contributed by atoms with Gasteiger partial charge in [-0.2, -0.15) is 0 Å². The number of hydrogen-bond acceptors (Lipinski definition) is 13. The van der Waals surface area contributed by atoms with E-state index in [1.165, 1.54) is 0 Å². The number of carbonyl (C=O) groups excluding carboxylic acids is 2. The molecule has 0 radical (unpaired) electrons. The number of carbonyl (C=O) groups is 2. The van der Waals surface area contributed by atoms with E-state index >= 15 is 4.79 Å². The minimum Gasteiger partial charge on any atom is -0.414 e. The quantitative estimate of drug-likeness (QED) is 0.0318. The Morgan fingerprint density at radius 3 is 1.72 bits per heavy atom. The third kappa shape index (κ3) is 20.5. The Labute approximate surface area is 562 Å². The van der Waals surface area contributed by atoms with Crippen LogP contribution in [0.25, 0.3) is 0 Å². The van der Waals surface area contributed by atoms with Crippen molar-refractivity contribution in [2.45, 2.75) is 370 Å². The van der Waals surface area contributed by atoms with Gasteiger partial charge in [0.05, 0.1) is 73.8 Å². The second kappa shape index (κ2) is 30.8. The molecule has 19 heteroatoms. The summed E-state index contributed by atoms with van der Waals surface area (Å²) in [4.78, 5) is 26.6. The van der Waals surface area contributed by atoms with Crippen molar-refractivity contribution >= 4 is 76.2 Å². The molecule has 5 fully saturated rings. The van der Waals surface area contributed by atoms with Gasteiger partial charge in [-0.3, -0.25) is 4.79 Å². The minimum absolute atomic E-state index is 0.0158. The molecule has 0 aromatic rings. The van der Waals surface area contributed by atoms with Crippen LogP contribution in [0, 0.1) is 11.8 Å². The lowest BCUT2D eigenvalue weighted by molar-refractivity contribution is -0.266. The van der Waals surface area contributed by atoms with Gasteiger partial charge in [0.15, 0.2) is 41.6 Å². The van der Waals surface area contributed by atoms with Crippen LogP contribution in [0.1, 0.15) is 188 Å². The molecule has 0 aliphatic carbocycles. The van der Waals surface area contributed by atoms with Crippen molar-refractivity contribution in [3.63, 3.8) is 0 Å². The lowest BCUT2D eigenvalue weighted by Gasteiger charge is -2.56. The molecule has 0 spiro atoms. The number of ketones is 1. The maximum Gasteiger partial charge on any atom is 0.193 e. The number of aldehydes is 1. The number of hydrogen-bond donors (Lipinski definition) is 0. The van der Waals surface area contributed by atoms with Crippen molar-refractivity contribution < 1.29 is 60.1 Å². The van der Waals surface area contributed by atoms with Gasteiger partial charge in [-0.15, -0.1) is 0 Å². The third-order valence-corrected chi connectivity index (χ3v) is 46.1. The van der Waals surface area contributed by atoms with Gasteiger partial charge in [0.25, 0.3) is 0 Å². The van der Waals surface area contributed by atoms with Crippen LogP contribution >= 0.6 is 22.6 Å². The van der Waals surface area contributed by atoms with E-state index in [2.05, 4.69) is 222 Å². The molecular formula is C70H131IO13Si5. The topological polar surface area (TPSA) is 136 Å². The zero-order valence-electron chi connectivity index (χ0n) is 61.3. The van der Waals surface area contributed by atoms with Crippen LogP contribution in [-0.2, 0) is 60.1 Å². The fraction of sp³-hybridized carbons (Fsp3) is 0.886. The van der Waals surface area contributed by atoms with Crippen LogP contribution in [0.3, 0.4) is 0 Å². The highest BCUT2D eigenvalue weighted by molar-refractivity contribution is 14.1. The molecule has 0 amide bonds. The first kappa shape index (κ1) is 79.6. The van der Waals surface area contributed by atoms with Gasteiger partial charge in [0.2, 0.25) is 0 Å². The van der Waals surface area contributed by atoms with E-state index in [-0.39, 0.29) is 117 Å². The van der Waals surface area contributed by atoms with Gasteiger partial charge in [0.1, 0.15) is 36.5 Å². The van der Waals surface area contributed by atoms with E-state index in [4.69, 9.17) is 50.6 Å². The van der Waals surface area contributed by atoms with Crippen LogP contribution in [0.2, 0.25) is 90.7 Å². The zero-order chi connectivity index (χ0) is 67.6. The fourth-order valence-electron chi connectivity index (χ4n) is 12.2. The molecule has 5 aliphatic heterocycles. The van der Waals surface area contributed by atoms with E-state index in [1.807, 2.05) is 0 Å². The fourth-order valence-corrected chi connectivity index (χ4v) is 18.8. The number of fused-ring (bicyclic) bond motifs is 1. The molecular weight excluding hydrogens is 1320 g/mol. The molecule has 0 saturated carbocycles. The molecule has 5 heterocycles. The Kier molecular flexibility index (Phi) is 27.5. The highest BCUT2D eigenvalue weighted by Gasteiger charge is 2.59. The first-order chi connectivity index (χ1) is 40.5. The van der Waals surface area contributed by atoms with Crippen molar-refractivity contribution in [1.29, 1.82) is 0 Å². The Hall–Kier alpha value is -0.0656. The summed E-state index contributed by atoms with van der Waals surface area (Å²) in [6.45, 7) is 69.2. The predicted molar refractivity (Wildman–Crippen MR) is 386 cm³/mol. The molecule has 0 bridgehead atoms. The maximum atomic E-state index is 15.4. The van der Waals surface area contributed by atoms with Crippen LogP contribution in [0.15, 0.2) is 34.5 Å². The second-order valence-electron chi connectivity index (χ2n) is 35.2. The summed E-state index contributed by atoms with van der Waals surface area (Å²) in [6.07, 6.45) is 5.88. The summed E-state index contributed by atoms with van der Waals surface area (Å²) in [5, 5.41) is -0.270. The normalized spacial score (nSPS) is 31.8. The standard InChI is InChI=1S/C70H131IO13Si5/c1-46-39-51(32-34-55-47(2)40-50(76-55)31-30-38-72)77-58(48(46)3)44-59-54(61(74-19)60(79-59)43-53(81-86(22,23)67(7,8)9)45-75-85(20,21)66(4,5)6)42-49(73)41-52-33-35-56-62(78-52)64(83-88(26,27)69(13,14)15)65(84-89(28,29)70(16,17)18)63(80-56)57(36-37-71)82-87(24,25)68(10,11)12/h36-38,46,50-65H,2-3,30-35,39-45H2,1,4-29H3/b37-36+/t46-,50?,51?,52?,53?,54?,55+,56+,57?,58?,59+,60?,61-,62+,63+,64?,65?/m1/s1. The Morgan fingerprint density at radius 1 is 0.629 bits per heavy atom. The van der Waals surface area contributed by atoms with E-state index < -0.39 is 72.1 Å². The molecule has 5 saturated heterocycles. The summed E-state index contributed by atoms with van der Waals surface area (Å²) in [7, 11) is -10.0. The molecule has 5 rings (SSSR count). The minimum atomic E-state index is -2.50. The number of rotatable bonds is 28. The van der Waals surface area contributed by atoms with Gasteiger partial charge in [0, 0.05) is 45.1 Å². The van der Waals surface area contributed by atoms with Gasteiger partial charge in [-0.1, -0.05) is 147 Å². The number of Topliss-reactive ketones (excluding diaryl/α,β-unsaturated/α-hetero) is 1. The average Bonchev–Trinajstić information content (AvgIpc) is 1.21. The lowest BCUT2D eigenvalue weighted by atomic mass is 9.81. The SMILES string of the molecule is C=C1C(C[C@@H]2OC(CC(CO[Si](C)(C)C(C)(C)C)O[Si](C)(C)C(C)(C)C)[C@H](OC)C2CC(=O)CC2CC[C@@H]3O[C@@H](C(/C=C/I)O[Si](C)(C)C(C)(C)C)C(O[Si](C)(C)C(C)(C)C)C(O[Si](C)(C)C(C)(C)C)[C@H]3O2)OC(CC[C@@H]2OC(CCC=O)CC2=C)C[C@H]1C. The number of methoxy groups -OCH3 is 1. The summed E-state index contributed by atoms with van der Waals surface area (Å²) in [6, 6.07) is 0. The van der Waals surface area contributed by atoms with Crippen molar-refractivity contribution in [1.82, 2.24) is 0 Å². The largest absolute Gasteiger partial charge is 0.414 e. The van der Waals surface area contributed by atoms with Crippen molar-refractivity contribution in [3.8, 4) is 0 Å². The molecule has 0 aromatic carbocycles. The third-order valence-electron chi connectivity index (χ3n) is 23.2. The van der Waals surface area contributed by atoms with Gasteiger partial charge in [-0.25, -0.2) is 0 Å². The summed E-state index contributed by atoms with van der Waals surface area (Å²) in [5.74, 6) is 0.0514. The van der Waals surface area contributed by atoms with E-state index in [0.29, 0.717) is 38.7 Å². The predicted octanol–water partition coefficient (Wildman–Crippen LogP) is 18.2. The maximum absolute atomic E-state index is 15.4. The van der Waals surface area contributed by atoms with Crippen LogP contribution in [-0.4, -0.2) is 159 Å². The van der Waals surface area contributed by atoms with Crippen LogP contribution in [0.5, 0.6) is 0 Å². The van der Waals surface area contributed by atoms with Crippen molar-refractivity contribution in [3.05, 3.63) is 34.5 Å². The van der Waals surface area contributed by atoms with Crippen LogP contribution in [0.4, 0.5) is 0 Å². The van der Waals surface area contributed by atoms with Crippen LogP contribution < -0.4 is 0 Å².